The molecule has 1 amide bonds. The molecular weight excluding hydrogens is 436 g/mol. The van der Waals surface area contributed by atoms with Crippen molar-refractivity contribution in [2.45, 2.75) is 77.9 Å². The Morgan fingerprint density at radius 1 is 1.26 bits per heavy atom. The summed E-state index contributed by atoms with van der Waals surface area (Å²) in [5.74, 6) is 1.23. The lowest BCUT2D eigenvalue weighted by Crippen LogP contribution is -2.50. The molecule has 35 heavy (non-hydrogen) atoms. The standard InChI is InChI=1S/C30H44N2O3/c1-7-30(19-32(28(33)34-20-30)22(4)9-8-21(2)3)14-15-31-18-23-16-25-12-13-29(5,6)35-27(25)26(17-23)24-10-11-24/h8-9,16-17,24-25,27,31H,2,4,7,10-15,18-20H2,1,3,5-6H3/b9-8-. The van der Waals surface area contributed by atoms with Crippen LogP contribution in [0.4, 0.5) is 4.79 Å². The van der Waals surface area contributed by atoms with Gasteiger partial charge in [0.15, 0.2) is 0 Å². The molecule has 0 aromatic rings. The molecule has 0 aromatic heterocycles. The molecule has 5 heteroatoms. The highest BCUT2D eigenvalue weighted by Gasteiger charge is 2.43. The van der Waals surface area contributed by atoms with Gasteiger partial charge in [-0.05, 0) is 89.0 Å². The molecule has 3 unspecified atom stereocenters. The minimum Gasteiger partial charge on any atom is -0.448 e. The highest BCUT2D eigenvalue weighted by atomic mass is 16.6. The van der Waals surface area contributed by atoms with Crippen molar-refractivity contribution in [3.63, 3.8) is 0 Å². The van der Waals surface area contributed by atoms with E-state index < -0.39 is 0 Å². The number of nitrogens with zero attached hydrogens (tertiary/aromatic N) is 1. The lowest BCUT2D eigenvalue weighted by Gasteiger charge is -2.43. The van der Waals surface area contributed by atoms with Crippen LogP contribution in [0.5, 0.6) is 0 Å². The van der Waals surface area contributed by atoms with Crippen LogP contribution >= 0.6 is 0 Å². The number of fused-ring (bicyclic) bond motifs is 1. The Morgan fingerprint density at radius 3 is 2.71 bits per heavy atom. The maximum absolute atomic E-state index is 12.4. The van der Waals surface area contributed by atoms with Crippen molar-refractivity contribution in [1.29, 1.82) is 0 Å². The van der Waals surface area contributed by atoms with Gasteiger partial charge in [-0.1, -0.05) is 43.9 Å². The molecule has 0 bridgehead atoms. The SMILES string of the molecule is C=C(C)/C=C\C(=C)N1CC(CC)(CCNCC2=CC3CCC(C)(C)OC3C(C3CC3)=C2)COC1=O. The molecular formula is C30H44N2O3. The second kappa shape index (κ2) is 10.5. The quantitative estimate of drug-likeness (QED) is 0.294. The average Bonchev–Trinajstić information content (AvgIpc) is 3.66. The van der Waals surface area contributed by atoms with E-state index in [1.165, 1.54) is 30.4 Å². The molecule has 0 radical (unpaired) electrons. The highest BCUT2D eigenvalue weighted by Crippen LogP contribution is 2.47. The van der Waals surface area contributed by atoms with Gasteiger partial charge in [-0.25, -0.2) is 4.79 Å². The molecule has 1 saturated carbocycles. The number of nitrogens with one attached hydrogen (secondary N) is 1. The maximum atomic E-state index is 12.4. The maximum Gasteiger partial charge on any atom is 0.414 e. The lowest BCUT2D eigenvalue weighted by molar-refractivity contribution is -0.111. The minimum absolute atomic E-state index is 0.0177. The van der Waals surface area contributed by atoms with Gasteiger partial charge in [0.25, 0.3) is 0 Å². The van der Waals surface area contributed by atoms with E-state index in [9.17, 15) is 4.79 Å². The van der Waals surface area contributed by atoms with Crippen LogP contribution in [-0.4, -0.2) is 48.9 Å². The number of ether oxygens (including phenoxy) is 2. The van der Waals surface area contributed by atoms with Crippen LogP contribution in [0.3, 0.4) is 0 Å². The van der Waals surface area contributed by atoms with Gasteiger partial charge in [-0.3, -0.25) is 4.90 Å². The largest absolute Gasteiger partial charge is 0.448 e. The molecule has 2 aliphatic heterocycles. The lowest BCUT2D eigenvalue weighted by atomic mass is 9.78. The van der Waals surface area contributed by atoms with Crippen LogP contribution < -0.4 is 5.32 Å². The average molecular weight is 481 g/mol. The van der Waals surface area contributed by atoms with Crippen LogP contribution in [0.2, 0.25) is 0 Å². The van der Waals surface area contributed by atoms with Gasteiger partial charge in [0.1, 0.15) is 6.61 Å². The second-order valence-electron chi connectivity index (χ2n) is 11.8. The van der Waals surface area contributed by atoms with Gasteiger partial charge in [0, 0.05) is 30.1 Å². The summed E-state index contributed by atoms with van der Waals surface area (Å²) < 4.78 is 12.1. The molecule has 2 heterocycles. The van der Waals surface area contributed by atoms with E-state index in [-0.39, 0.29) is 23.2 Å². The zero-order valence-corrected chi connectivity index (χ0v) is 22.2. The van der Waals surface area contributed by atoms with Crippen molar-refractivity contribution in [2.24, 2.45) is 17.3 Å². The van der Waals surface area contributed by atoms with E-state index >= 15 is 0 Å². The molecule has 3 atom stereocenters. The van der Waals surface area contributed by atoms with Crippen LogP contribution in [0.25, 0.3) is 0 Å². The van der Waals surface area contributed by atoms with Gasteiger partial charge in [-0.2, -0.15) is 0 Å². The normalized spacial score (nSPS) is 30.4. The summed E-state index contributed by atoms with van der Waals surface area (Å²) in [6, 6.07) is 0. The first-order valence-corrected chi connectivity index (χ1v) is 13.4. The molecule has 1 N–H and O–H groups in total. The smallest absolute Gasteiger partial charge is 0.414 e. The zero-order valence-electron chi connectivity index (χ0n) is 22.2. The second-order valence-corrected chi connectivity index (χ2v) is 11.8. The van der Waals surface area contributed by atoms with E-state index in [1.54, 1.807) is 4.90 Å². The topological polar surface area (TPSA) is 50.8 Å². The molecule has 4 rings (SSSR count). The number of carbonyl (C=O) groups excluding carboxylic acids is 1. The monoisotopic (exact) mass is 480 g/mol. The number of amides is 1. The van der Waals surface area contributed by atoms with E-state index in [0.717, 1.165) is 43.8 Å². The van der Waals surface area contributed by atoms with Gasteiger partial charge in [0.2, 0.25) is 0 Å². The third kappa shape index (κ3) is 6.37. The Morgan fingerprint density at radius 2 is 2.03 bits per heavy atom. The Balaban J connectivity index is 1.33. The van der Waals surface area contributed by atoms with Gasteiger partial charge in [0.05, 0.1) is 11.7 Å². The minimum atomic E-state index is -0.309. The van der Waals surface area contributed by atoms with Crippen molar-refractivity contribution >= 4 is 6.09 Å². The van der Waals surface area contributed by atoms with Gasteiger partial charge < -0.3 is 14.8 Å². The molecule has 2 aliphatic carbocycles. The fourth-order valence-electron chi connectivity index (χ4n) is 5.55. The number of cyclic esters (lactones) is 1. The van der Waals surface area contributed by atoms with E-state index in [2.05, 4.69) is 51.4 Å². The molecule has 0 aromatic carbocycles. The summed E-state index contributed by atoms with van der Waals surface area (Å²) in [4.78, 5) is 14.1. The first-order valence-electron chi connectivity index (χ1n) is 13.4. The Hall–Kier alpha value is -2.11. The molecule has 0 spiro atoms. The molecule has 5 nitrogen and oxygen atoms in total. The number of allylic oxidation sites excluding steroid dienone is 3. The van der Waals surface area contributed by atoms with Crippen LogP contribution in [0, 0.1) is 17.3 Å². The Kier molecular flexibility index (Phi) is 7.77. The highest BCUT2D eigenvalue weighted by molar-refractivity contribution is 5.71. The van der Waals surface area contributed by atoms with E-state index in [0.29, 0.717) is 24.8 Å². The first kappa shape index (κ1) is 26.0. The Bertz CT molecular complexity index is 939. The van der Waals surface area contributed by atoms with Crippen molar-refractivity contribution in [1.82, 2.24) is 10.2 Å². The molecule has 4 aliphatic rings. The van der Waals surface area contributed by atoms with Crippen LogP contribution in [-0.2, 0) is 9.47 Å². The van der Waals surface area contributed by atoms with Crippen LogP contribution in [0.15, 0.2) is 59.9 Å². The number of hydrogen-bond donors (Lipinski definition) is 1. The van der Waals surface area contributed by atoms with Crippen molar-refractivity contribution in [3.8, 4) is 0 Å². The zero-order chi connectivity index (χ0) is 25.2. The number of rotatable bonds is 10. The van der Waals surface area contributed by atoms with Crippen LogP contribution in [0.1, 0.15) is 66.2 Å². The van der Waals surface area contributed by atoms with E-state index in [1.807, 2.05) is 19.1 Å². The third-order valence-corrected chi connectivity index (χ3v) is 8.11. The number of hydrogen-bond acceptors (Lipinski definition) is 4. The molecule has 2 saturated heterocycles. The molecule has 192 valence electrons. The third-order valence-electron chi connectivity index (χ3n) is 8.11. The summed E-state index contributed by atoms with van der Waals surface area (Å²) >= 11 is 0. The number of carbonyl (C=O) groups is 1. The Labute approximate surface area is 212 Å². The van der Waals surface area contributed by atoms with Gasteiger partial charge >= 0.3 is 6.09 Å². The van der Waals surface area contributed by atoms with Crippen molar-refractivity contribution in [3.05, 3.63) is 59.9 Å². The van der Waals surface area contributed by atoms with Crippen molar-refractivity contribution in [2.75, 3.05) is 26.2 Å². The summed E-state index contributed by atoms with van der Waals surface area (Å²) in [5, 5.41) is 3.69. The first-order chi connectivity index (χ1) is 16.6. The summed E-state index contributed by atoms with van der Waals surface area (Å²) in [5.41, 5.74) is 4.41. The van der Waals surface area contributed by atoms with Crippen molar-refractivity contribution < 1.29 is 14.3 Å². The summed E-state index contributed by atoms with van der Waals surface area (Å²) in [6.45, 7) is 19.4. The summed E-state index contributed by atoms with van der Waals surface area (Å²) in [6.07, 6.45) is 15.4. The molecule has 3 fully saturated rings. The predicted octanol–water partition coefficient (Wildman–Crippen LogP) is 6.31. The fourth-order valence-corrected chi connectivity index (χ4v) is 5.55. The fraction of sp³-hybridized carbons (Fsp3) is 0.633. The van der Waals surface area contributed by atoms with Gasteiger partial charge in [-0.15, -0.1) is 0 Å². The van der Waals surface area contributed by atoms with E-state index in [4.69, 9.17) is 9.47 Å². The predicted molar refractivity (Wildman–Crippen MR) is 142 cm³/mol. The summed E-state index contributed by atoms with van der Waals surface area (Å²) in [7, 11) is 0.